The number of ether oxygens (including phenoxy) is 2. The number of amides is 1. The van der Waals surface area contributed by atoms with Crippen LogP contribution in [0.1, 0.15) is 33.6 Å². The van der Waals surface area contributed by atoms with Gasteiger partial charge in [0, 0.05) is 55.5 Å². The first-order chi connectivity index (χ1) is 20.5. The second-order valence-corrected chi connectivity index (χ2v) is 11.6. The second-order valence-electron chi connectivity index (χ2n) is 10.7. The van der Waals surface area contributed by atoms with Crippen LogP contribution in [0, 0.1) is 4.51 Å². The zero-order chi connectivity index (χ0) is 28.9. The van der Waals surface area contributed by atoms with Gasteiger partial charge in [0.1, 0.15) is 11.9 Å². The third kappa shape index (κ3) is 6.82. The van der Waals surface area contributed by atoms with Gasteiger partial charge >= 0.3 is 0 Å². The third-order valence-electron chi connectivity index (χ3n) is 7.69. The quantitative estimate of drug-likeness (QED) is 0.192. The Kier molecular flexibility index (Phi) is 9.12. The molecule has 1 atom stereocenters. The van der Waals surface area contributed by atoms with Crippen LogP contribution in [0.2, 0.25) is 5.02 Å². The molecular weight excluding hydrogens is 570 g/mol. The Morgan fingerprint density at radius 1 is 1.07 bits per heavy atom. The first-order valence-corrected chi connectivity index (χ1v) is 15.1. The van der Waals surface area contributed by atoms with Gasteiger partial charge in [-0.3, -0.25) is 14.7 Å². The minimum atomic E-state index is -0.194. The first kappa shape index (κ1) is 28.8. The average molecular weight is 604 g/mol. The van der Waals surface area contributed by atoms with Gasteiger partial charge in [-0.25, -0.2) is 0 Å². The number of benzene rings is 2. The van der Waals surface area contributed by atoms with Crippen molar-refractivity contribution in [2.24, 2.45) is 0 Å². The van der Waals surface area contributed by atoms with Crippen LogP contribution in [0.4, 0.5) is 0 Å². The van der Waals surface area contributed by atoms with E-state index in [1.54, 1.807) is 6.20 Å². The number of aromatic nitrogens is 2. The molecule has 4 aromatic rings. The molecule has 0 spiro atoms. The Morgan fingerprint density at radius 3 is 2.69 bits per heavy atom. The standard InChI is InChI=1S/C32H34ClN5O3S/c33-24-6-4-22(5-7-24)17-36-32(39)28-21-38-20-26(8-10-34-18-25-3-1-2-9-35-25)41-29-16-23(15-27(30(29)38)31(28)42)19-37-11-13-40-14-12-37/h1-7,9,15-16,21,26,34H,8,10-14,17-20H2,(H,36,39). The van der Waals surface area contributed by atoms with E-state index in [0.717, 1.165) is 79.3 Å². The molecule has 2 aromatic carbocycles. The van der Waals surface area contributed by atoms with Crippen LogP contribution in [0.25, 0.3) is 10.9 Å². The molecule has 6 rings (SSSR count). The van der Waals surface area contributed by atoms with E-state index in [1.807, 2.05) is 48.7 Å². The zero-order valence-corrected chi connectivity index (χ0v) is 24.9. The van der Waals surface area contributed by atoms with E-state index in [1.165, 1.54) is 0 Å². The highest BCUT2D eigenvalue weighted by Gasteiger charge is 2.25. The summed E-state index contributed by atoms with van der Waals surface area (Å²) in [5.74, 6) is 0.622. The van der Waals surface area contributed by atoms with Crippen LogP contribution < -0.4 is 15.4 Å². The van der Waals surface area contributed by atoms with E-state index in [0.29, 0.717) is 34.7 Å². The second kappa shape index (κ2) is 13.3. The van der Waals surface area contributed by atoms with E-state index in [4.69, 9.17) is 33.3 Å². The number of hydrogen-bond acceptors (Lipinski definition) is 7. The summed E-state index contributed by atoms with van der Waals surface area (Å²) in [6.45, 7) is 6.50. The number of pyridine rings is 2. The van der Waals surface area contributed by atoms with Crippen molar-refractivity contribution in [3.05, 3.63) is 98.9 Å². The summed E-state index contributed by atoms with van der Waals surface area (Å²) < 4.78 is 14.8. The van der Waals surface area contributed by atoms with Gasteiger partial charge in [-0.1, -0.05) is 42.0 Å². The van der Waals surface area contributed by atoms with Gasteiger partial charge in [0.15, 0.2) is 0 Å². The molecule has 0 saturated carbocycles. The number of carbonyl (C=O) groups is 1. The van der Waals surface area contributed by atoms with Gasteiger partial charge in [0.05, 0.1) is 41.0 Å². The minimum absolute atomic E-state index is 0.0541. The lowest BCUT2D eigenvalue weighted by Gasteiger charge is -2.31. The van der Waals surface area contributed by atoms with Gasteiger partial charge in [-0.2, -0.15) is 0 Å². The summed E-state index contributed by atoms with van der Waals surface area (Å²) >= 11 is 12.0. The molecule has 8 nitrogen and oxygen atoms in total. The number of morpholine rings is 1. The van der Waals surface area contributed by atoms with Gasteiger partial charge in [0.25, 0.3) is 5.91 Å². The molecule has 218 valence electrons. The number of nitrogens with one attached hydrogen (secondary N) is 2. The van der Waals surface area contributed by atoms with Crippen molar-refractivity contribution in [2.75, 3.05) is 32.8 Å². The number of rotatable bonds is 10. The fourth-order valence-electron chi connectivity index (χ4n) is 5.51. The fourth-order valence-corrected chi connectivity index (χ4v) is 5.94. The van der Waals surface area contributed by atoms with Crippen LogP contribution in [0.3, 0.4) is 0 Å². The van der Waals surface area contributed by atoms with Gasteiger partial charge in [0.2, 0.25) is 0 Å². The van der Waals surface area contributed by atoms with Crippen LogP contribution in [0.5, 0.6) is 5.75 Å². The molecule has 0 radical (unpaired) electrons. The fraction of sp³-hybridized carbons (Fsp3) is 0.344. The molecule has 1 fully saturated rings. The topological polar surface area (TPSA) is 80.7 Å². The Labute approximate surface area is 255 Å². The molecule has 1 amide bonds. The monoisotopic (exact) mass is 603 g/mol. The summed E-state index contributed by atoms with van der Waals surface area (Å²) in [4.78, 5) is 20.2. The molecule has 1 saturated heterocycles. The first-order valence-electron chi connectivity index (χ1n) is 14.3. The summed E-state index contributed by atoms with van der Waals surface area (Å²) in [6, 6.07) is 17.6. The summed E-state index contributed by atoms with van der Waals surface area (Å²) in [5, 5.41) is 8.05. The van der Waals surface area contributed by atoms with Crippen LogP contribution >= 0.6 is 23.8 Å². The van der Waals surface area contributed by atoms with Gasteiger partial charge in [-0.15, -0.1) is 0 Å². The van der Waals surface area contributed by atoms with Crippen molar-refractivity contribution < 1.29 is 14.3 Å². The maximum Gasteiger partial charge on any atom is 0.254 e. The normalized spacial score (nSPS) is 16.7. The third-order valence-corrected chi connectivity index (χ3v) is 8.38. The van der Waals surface area contributed by atoms with E-state index in [-0.39, 0.29) is 12.0 Å². The molecule has 2 aliphatic heterocycles. The molecule has 2 aliphatic rings. The number of nitrogens with zero attached hydrogens (tertiary/aromatic N) is 3. The number of hydrogen-bond donors (Lipinski definition) is 2. The van der Waals surface area contributed by atoms with Gasteiger partial charge < -0.3 is 24.7 Å². The van der Waals surface area contributed by atoms with Crippen LogP contribution in [0.15, 0.2) is 67.0 Å². The SMILES string of the molecule is O=C(NCc1ccc(Cl)cc1)c1cn2c3c(cc(CN4CCOCC4)cc3c1=S)OC(CCNCc1ccccn1)C2. The summed E-state index contributed by atoms with van der Waals surface area (Å²) in [7, 11) is 0. The Balaban J connectivity index is 1.25. The highest BCUT2D eigenvalue weighted by atomic mass is 35.5. The Bertz CT molecular complexity index is 1610. The summed E-state index contributed by atoms with van der Waals surface area (Å²) in [5.41, 5.74) is 4.53. The molecular formula is C32H34ClN5O3S. The van der Waals surface area contributed by atoms with Crippen LogP contribution in [-0.2, 0) is 30.9 Å². The van der Waals surface area contributed by atoms with Crippen molar-refractivity contribution in [2.45, 2.75) is 38.7 Å². The minimum Gasteiger partial charge on any atom is -0.486 e. The van der Waals surface area contributed by atoms with Crippen molar-refractivity contribution in [1.29, 1.82) is 0 Å². The lowest BCUT2D eigenvalue weighted by atomic mass is 10.0. The molecule has 42 heavy (non-hydrogen) atoms. The molecule has 10 heteroatoms. The molecule has 0 bridgehead atoms. The van der Waals surface area contributed by atoms with Crippen molar-refractivity contribution in [1.82, 2.24) is 25.1 Å². The zero-order valence-electron chi connectivity index (χ0n) is 23.4. The summed E-state index contributed by atoms with van der Waals surface area (Å²) in [6.07, 6.45) is 4.45. The Hall–Kier alpha value is -3.34. The van der Waals surface area contributed by atoms with Crippen molar-refractivity contribution >= 4 is 40.6 Å². The van der Waals surface area contributed by atoms with E-state index in [9.17, 15) is 4.79 Å². The largest absolute Gasteiger partial charge is 0.486 e. The van der Waals surface area contributed by atoms with E-state index < -0.39 is 0 Å². The maximum absolute atomic E-state index is 13.5. The van der Waals surface area contributed by atoms with E-state index in [2.05, 4.69) is 37.2 Å². The molecule has 0 aliphatic carbocycles. The molecule has 1 unspecified atom stereocenters. The van der Waals surface area contributed by atoms with E-state index >= 15 is 0 Å². The van der Waals surface area contributed by atoms with Crippen LogP contribution in [-0.4, -0.2) is 59.3 Å². The molecule has 2 N–H and O–H groups in total. The lowest BCUT2D eigenvalue weighted by Crippen LogP contribution is -2.36. The highest BCUT2D eigenvalue weighted by molar-refractivity contribution is 7.71. The van der Waals surface area contributed by atoms with Crippen molar-refractivity contribution in [3.8, 4) is 5.75 Å². The van der Waals surface area contributed by atoms with Crippen molar-refractivity contribution in [3.63, 3.8) is 0 Å². The predicted octanol–water partition coefficient (Wildman–Crippen LogP) is 5.12. The smallest absolute Gasteiger partial charge is 0.254 e. The maximum atomic E-state index is 13.5. The highest BCUT2D eigenvalue weighted by Crippen LogP contribution is 2.35. The molecule has 2 aromatic heterocycles. The molecule has 4 heterocycles. The van der Waals surface area contributed by atoms with Gasteiger partial charge in [-0.05, 0) is 60.5 Å². The predicted molar refractivity (Wildman–Crippen MR) is 166 cm³/mol. The Morgan fingerprint density at radius 2 is 1.90 bits per heavy atom. The number of halogens is 1. The lowest BCUT2D eigenvalue weighted by molar-refractivity contribution is 0.0341. The average Bonchev–Trinajstić information content (AvgIpc) is 3.01. The number of carbonyl (C=O) groups excluding carboxylic acids is 1.